The van der Waals surface area contributed by atoms with Gasteiger partial charge in [0.25, 0.3) is 5.91 Å². The van der Waals surface area contributed by atoms with E-state index in [-0.39, 0.29) is 41.8 Å². The van der Waals surface area contributed by atoms with Crippen molar-refractivity contribution < 1.29 is 33.4 Å². The van der Waals surface area contributed by atoms with E-state index in [9.17, 15) is 24.0 Å². The highest BCUT2D eigenvalue weighted by Gasteiger charge is 2.32. The number of likely N-dealkylation sites (tertiary alicyclic amines) is 1. The second kappa shape index (κ2) is 21.4. The molecule has 3 N–H and O–H groups in total. The number of thiazole rings is 1. The van der Waals surface area contributed by atoms with Gasteiger partial charge in [0.2, 0.25) is 17.7 Å². The molecule has 6 heterocycles. The fourth-order valence-electron chi connectivity index (χ4n) is 10.6. The number of para-hydroxylation sites is 1. The number of carbonyl (C=O) groups is 5. The first kappa shape index (κ1) is 51.0. The molecule has 3 aliphatic heterocycles. The molecule has 0 spiro atoms. The van der Waals surface area contributed by atoms with Crippen LogP contribution in [0.1, 0.15) is 115 Å². The zero-order chi connectivity index (χ0) is 52.5. The van der Waals surface area contributed by atoms with Crippen molar-refractivity contribution in [3.8, 4) is 16.9 Å². The van der Waals surface area contributed by atoms with Gasteiger partial charge >= 0.3 is 5.97 Å². The Morgan fingerprint density at radius 3 is 2.45 bits per heavy atom. The number of hydrogen-bond donors (Lipinski definition) is 3. The maximum atomic E-state index is 14.0. The quantitative estimate of drug-likeness (QED) is 0.0692. The highest BCUT2D eigenvalue weighted by Crippen LogP contribution is 2.36. The van der Waals surface area contributed by atoms with E-state index >= 15 is 0 Å². The zero-order valence-corrected chi connectivity index (χ0v) is 44.1. The number of benzene rings is 4. The third kappa shape index (κ3) is 11.6. The molecule has 3 aromatic heterocycles. The summed E-state index contributed by atoms with van der Waals surface area (Å²) in [4.78, 5) is 79.2. The van der Waals surface area contributed by atoms with Gasteiger partial charge in [-0.2, -0.15) is 5.10 Å². The summed E-state index contributed by atoms with van der Waals surface area (Å²) < 4.78 is 15.1. The maximum Gasteiger partial charge on any atom is 0.358 e. The van der Waals surface area contributed by atoms with Gasteiger partial charge < -0.3 is 19.7 Å². The number of nitrogens with one attached hydrogen (secondary N) is 3. The van der Waals surface area contributed by atoms with Crippen LogP contribution in [0.25, 0.3) is 32.2 Å². The van der Waals surface area contributed by atoms with Crippen molar-refractivity contribution in [3.63, 3.8) is 0 Å². The molecule has 0 saturated carbocycles. The molecule has 7 aromatic rings. The molecule has 4 amide bonds. The van der Waals surface area contributed by atoms with E-state index in [4.69, 9.17) is 14.5 Å². The third-order valence-electron chi connectivity index (χ3n) is 14.4. The van der Waals surface area contributed by atoms with Gasteiger partial charge in [0.05, 0.1) is 40.0 Å². The molecular formula is C58H63N9O7S. The van der Waals surface area contributed by atoms with Gasteiger partial charge in [-0.1, -0.05) is 41.7 Å². The number of fused-ring (bicyclic) bond motifs is 3. The summed E-state index contributed by atoms with van der Waals surface area (Å²) in [5.41, 5.74) is 7.47. The summed E-state index contributed by atoms with van der Waals surface area (Å²) in [6, 6.07) is 29.1. The maximum absolute atomic E-state index is 14.0. The van der Waals surface area contributed by atoms with E-state index in [1.54, 1.807) is 4.68 Å². The monoisotopic (exact) mass is 1030 g/mol. The number of esters is 1. The molecule has 75 heavy (non-hydrogen) atoms. The van der Waals surface area contributed by atoms with Crippen LogP contribution in [0.5, 0.6) is 5.75 Å². The molecule has 17 heteroatoms. The van der Waals surface area contributed by atoms with E-state index < -0.39 is 17.5 Å². The molecule has 0 radical (unpaired) electrons. The fourth-order valence-corrected chi connectivity index (χ4v) is 11.4. The van der Waals surface area contributed by atoms with Gasteiger partial charge in [-0.05, 0) is 175 Å². The van der Waals surface area contributed by atoms with E-state index in [1.165, 1.54) is 11.3 Å². The van der Waals surface area contributed by atoms with Crippen LogP contribution in [-0.4, -0.2) is 92.1 Å². The second-order valence-electron chi connectivity index (χ2n) is 21.1. The number of piperidine rings is 2. The lowest BCUT2D eigenvalue weighted by molar-refractivity contribution is -0.134. The fraction of sp³-hybridized carbons (Fsp3) is 0.379. The van der Waals surface area contributed by atoms with Crippen LogP contribution < -0.4 is 25.6 Å². The van der Waals surface area contributed by atoms with E-state index in [1.807, 2.05) is 120 Å². The van der Waals surface area contributed by atoms with Gasteiger partial charge in [-0.25, -0.2) is 14.8 Å². The lowest BCUT2D eigenvalue weighted by Gasteiger charge is -2.32. The number of hydrogen-bond acceptors (Lipinski definition) is 13. The van der Waals surface area contributed by atoms with Crippen molar-refractivity contribution in [2.24, 2.45) is 13.0 Å². The first-order valence-corrected chi connectivity index (χ1v) is 26.7. The van der Waals surface area contributed by atoms with Crippen LogP contribution in [0, 0.1) is 12.8 Å². The first-order chi connectivity index (χ1) is 36.0. The Labute approximate surface area is 440 Å². The molecule has 3 aliphatic rings. The Morgan fingerprint density at radius 2 is 1.68 bits per heavy atom. The summed E-state index contributed by atoms with van der Waals surface area (Å²) in [6.45, 7) is 12.7. The van der Waals surface area contributed by atoms with Gasteiger partial charge in [0, 0.05) is 48.8 Å². The Balaban J connectivity index is 0.734. The van der Waals surface area contributed by atoms with Gasteiger partial charge in [0.1, 0.15) is 17.2 Å². The minimum absolute atomic E-state index is 0.0250. The van der Waals surface area contributed by atoms with Crippen LogP contribution in [0.4, 0.5) is 16.6 Å². The second-order valence-corrected chi connectivity index (χ2v) is 22.1. The number of carbonyl (C=O) groups excluding carboxylic acids is 5. The van der Waals surface area contributed by atoms with Gasteiger partial charge in [-0.15, -0.1) is 0 Å². The topological polar surface area (TPSA) is 190 Å². The first-order valence-electron chi connectivity index (χ1n) is 25.9. The van der Waals surface area contributed by atoms with Crippen molar-refractivity contribution >= 4 is 78.7 Å². The number of pyridine rings is 1. The molecule has 0 bridgehead atoms. The highest BCUT2D eigenvalue weighted by molar-refractivity contribution is 7.22. The van der Waals surface area contributed by atoms with Gasteiger partial charge in [0.15, 0.2) is 10.8 Å². The van der Waals surface area contributed by atoms with Gasteiger partial charge in [-0.3, -0.25) is 39.4 Å². The van der Waals surface area contributed by atoms with E-state index in [0.717, 1.165) is 87.9 Å². The predicted molar refractivity (Wildman–Crippen MR) is 291 cm³/mol. The minimum Gasteiger partial charge on any atom is -0.491 e. The predicted octanol–water partition coefficient (Wildman–Crippen LogP) is 9.74. The number of aryl methyl sites for hydroxylation is 2. The molecule has 16 nitrogen and oxygen atoms in total. The summed E-state index contributed by atoms with van der Waals surface area (Å²) in [7, 11) is 1.81. The molecule has 2 fully saturated rings. The Bertz CT molecular complexity index is 3320. The minimum atomic E-state index is -0.744. The van der Waals surface area contributed by atoms with Crippen LogP contribution in [0.2, 0.25) is 0 Å². The lowest BCUT2D eigenvalue weighted by Crippen LogP contribution is -2.39. The lowest BCUT2D eigenvalue weighted by atomic mass is 9.91. The largest absolute Gasteiger partial charge is 0.491 e. The summed E-state index contributed by atoms with van der Waals surface area (Å²) >= 11 is 1.44. The standard InChI is InChI=1S/C58H63N9O7S/c1-34-30-39(73-35(2)14-15-36-24-27-66(28-25-36)33-51(69)59-38-16-18-43-47(31-38)65(6)64-52(43)44-21-23-50(68)62-55(44)71)17-19-40(34)41-20-22-49(61-53(41)56(72)74-58(3,4)5)67-29-26-37-10-9-11-42(45(37)32-67)54(70)63-57-60-46-12-7-8-13-48(46)75-57/h7-13,16-20,22,30-31,35-36,44H,14-15,21,23-29,32-33H2,1-6H3,(H,59,69)(H,60,63,70)(H,62,68,71)/t35-,44?/m1/s1. The molecule has 10 rings (SSSR count). The average Bonchev–Trinajstić information content (AvgIpc) is 3.95. The van der Waals surface area contributed by atoms with Crippen LogP contribution in [-0.2, 0) is 39.1 Å². The summed E-state index contributed by atoms with van der Waals surface area (Å²) in [5.74, 6) is 0.00893. The van der Waals surface area contributed by atoms with Crippen LogP contribution >= 0.6 is 11.3 Å². The number of aromatic nitrogens is 4. The molecule has 2 atom stereocenters. The average molecular weight is 1030 g/mol. The highest BCUT2D eigenvalue weighted by atomic mass is 32.1. The number of imide groups is 1. The Hall–Kier alpha value is -7.50. The normalized spacial score (nSPS) is 16.9. The van der Waals surface area contributed by atoms with Crippen LogP contribution in [0.3, 0.4) is 0 Å². The number of amides is 4. The van der Waals surface area contributed by atoms with Crippen molar-refractivity contribution in [2.75, 3.05) is 41.7 Å². The SMILES string of the molecule is Cc1cc(O[C@H](C)CCC2CCN(CC(=O)Nc3ccc4c(C5CCC(=O)NC5=O)nn(C)c4c3)CC2)ccc1-c1ccc(N2CCc3cccc(C(=O)Nc4nc5ccccc5s4)c3C2)nc1C(=O)OC(C)(C)C. The smallest absolute Gasteiger partial charge is 0.358 e. The van der Waals surface area contributed by atoms with E-state index in [2.05, 4.69) is 48.8 Å². The number of ether oxygens (including phenoxy) is 2. The molecule has 2 saturated heterocycles. The summed E-state index contributed by atoms with van der Waals surface area (Å²) in [6.07, 6.45) is 5.28. The zero-order valence-electron chi connectivity index (χ0n) is 43.3. The number of anilines is 3. The third-order valence-corrected chi connectivity index (χ3v) is 15.4. The number of nitrogens with zero attached hydrogens (tertiary/aromatic N) is 6. The van der Waals surface area contributed by atoms with Crippen molar-refractivity contribution in [1.82, 2.24) is 30.0 Å². The molecule has 388 valence electrons. The summed E-state index contributed by atoms with van der Waals surface area (Å²) in [5, 5.41) is 14.5. The molecule has 4 aromatic carbocycles. The molecule has 1 unspecified atom stereocenters. The molecular weight excluding hydrogens is 967 g/mol. The van der Waals surface area contributed by atoms with Crippen molar-refractivity contribution in [1.29, 1.82) is 0 Å². The Morgan fingerprint density at radius 1 is 0.880 bits per heavy atom. The van der Waals surface area contributed by atoms with Crippen molar-refractivity contribution in [3.05, 3.63) is 125 Å². The van der Waals surface area contributed by atoms with Crippen LogP contribution in [0.15, 0.2) is 91.0 Å². The van der Waals surface area contributed by atoms with Crippen molar-refractivity contribution in [2.45, 2.75) is 104 Å². The van der Waals surface area contributed by atoms with E-state index in [0.29, 0.717) is 71.9 Å². The number of rotatable bonds is 14. The Kier molecular flexibility index (Phi) is 14.5. The molecule has 0 aliphatic carbocycles.